The van der Waals surface area contributed by atoms with E-state index in [9.17, 15) is 0 Å². The summed E-state index contributed by atoms with van der Waals surface area (Å²) in [4.78, 5) is 8.09. The van der Waals surface area contributed by atoms with Gasteiger partial charge in [0.2, 0.25) is 5.75 Å². The molecule has 100 valence electrons. The van der Waals surface area contributed by atoms with E-state index in [0.29, 0.717) is 34.1 Å². The summed E-state index contributed by atoms with van der Waals surface area (Å²) in [5.74, 6) is 2.17. The molecule has 1 aromatic rings. The second kappa shape index (κ2) is 4.00. The molecule has 18 heavy (non-hydrogen) atoms. The Bertz CT molecular complexity index is 442. The molecule has 1 aliphatic rings. The first-order chi connectivity index (χ1) is 8.32. The van der Waals surface area contributed by atoms with Crippen LogP contribution in [0.1, 0.15) is 27.7 Å². The summed E-state index contributed by atoms with van der Waals surface area (Å²) in [6.07, 6.45) is 1.45. The van der Waals surface area contributed by atoms with E-state index in [1.807, 2.05) is 0 Å². The maximum atomic E-state index is 5.74. The first-order valence-corrected chi connectivity index (χ1v) is 6.20. The number of aromatic nitrogens is 2. The molecule has 0 atom stereocenters. The monoisotopic (exact) mass is 250 g/mol. The van der Waals surface area contributed by atoms with Crippen LogP contribution in [0.15, 0.2) is 6.33 Å². The fraction of sp³-hybridized carbons (Fsp3) is 0.692. The van der Waals surface area contributed by atoms with Crippen molar-refractivity contribution >= 4 is 11.6 Å². The predicted molar refractivity (Wildman–Crippen MR) is 72.5 cm³/mol. The van der Waals surface area contributed by atoms with Crippen molar-refractivity contribution in [3.63, 3.8) is 0 Å². The summed E-state index contributed by atoms with van der Waals surface area (Å²) in [6, 6.07) is 0. The molecule has 0 aliphatic heterocycles. The van der Waals surface area contributed by atoms with Gasteiger partial charge in [0.1, 0.15) is 6.33 Å². The van der Waals surface area contributed by atoms with Crippen molar-refractivity contribution in [1.82, 2.24) is 9.97 Å². The Morgan fingerprint density at radius 3 is 2.39 bits per heavy atom. The normalized spacial score (nSPS) is 20.5. The summed E-state index contributed by atoms with van der Waals surface area (Å²) >= 11 is 0. The number of hydrogen-bond donors (Lipinski definition) is 2. The van der Waals surface area contributed by atoms with Crippen molar-refractivity contribution in [2.75, 3.05) is 24.7 Å². The number of ether oxygens (including phenoxy) is 1. The fourth-order valence-electron chi connectivity index (χ4n) is 2.76. The van der Waals surface area contributed by atoms with E-state index in [0.717, 1.165) is 6.54 Å². The number of hydrogen-bond acceptors (Lipinski definition) is 5. The van der Waals surface area contributed by atoms with Crippen LogP contribution >= 0.6 is 0 Å². The first kappa shape index (κ1) is 12.9. The molecule has 1 heterocycles. The van der Waals surface area contributed by atoms with Crippen molar-refractivity contribution in [2.24, 2.45) is 16.7 Å². The van der Waals surface area contributed by atoms with Crippen LogP contribution in [0, 0.1) is 16.7 Å². The Hall–Kier alpha value is -1.52. The fourth-order valence-corrected chi connectivity index (χ4v) is 2.76. The standard InChI is InChI=1S/C13H22N4O/c1-12(2)8(13(12,3)4)6-15-11-9(18-5)10(14)16-7-17-11/h7-8H,6H2,1-5H3,(H3,14,15,16,17). The number of nitrogens with zero attached hydrogens (tertiary/aromatic N) is 2. The van der Waals surface area contributed by atoms with Crippen LogP contribution < -0.4 is 15.8 Å². The molecule has 1 aliphatic carbocycles. The van der Waals surface area contributed by atoms with E-state index in [-0.39, 0.29) is 0 Å². The molecule has 5 nitrogen and oxygen atoms in total. The van der Waals surface area contributed by atoms with Gasteiger partial charge < -0.3 is 15.8 Å². The zero-order valence-electron chi connectivity index (χ0n) is 11.7. The molecule has 0 aromatic carbocycles. The van der Waals surface area contributed by atoms with E-state index >= 15 is 0 Å². The van der Waals surface area contributed by atoms with E-state index in [1.165, 1.54) is 6.33 Å². The summed E-state index contributed by atoms with van der Waals surface area (Å²) in [6.45, 7) is 10.1. The highest BCUT2D eigenvalue weighted by Gasteiger charge is 2.64. The third-order valence-corrected chi connectivity index (χ3v) is 4.83. The number of methoxy groups -OCH3 is 1. The quantitative estimate of drug-likeness (QED) is 0.856. The minimum Gasteiger partial charge on any atom is -0.490 e. The Morgan fingerprint density at radius 2 is 1.89 bits per heavy atom. The SMILES string of the molecule is COc1c(N)ncnc1NCC1C(C)(C)C1(C)C. The van der Waals surface area contributed by atoms with Gasteiger partial charge in [-0.15, -0.1) is 0 Å². The zero-order valence-corrected chi connectivity index (χ0v) is 11.7. The van der Waals surface area contributed by atoms with Crippen LogP contribution in [0.25, 0.3) is 0 Å². The molecule has 5 heteroatoms. The second-order valence-electron chi connectivity index (χ2n) is 6.02. The van der Waals surface area contributed by atoms with E-state index in [4.69, 9.17) is 10.5 Å². The first-order valence-electron chi connectivity index (χ1n) is 6.20. The third-order valence-electron chi connectivity index (χ3n) is 4.83. The lowest BCUT2D eigenvalue weighted by atomic mass is 10.0. The molecule has 0 radical (unpaired) electrons. The van der Waals surface area contributed by atoms with Gasteiger partial charge in [0.05, 0.1) is 7.11 Å². The van der Waals surface area contributed by atoms with Gasteiger partial charge >= 0.3 is 0 Å². The van der Waals surface area contributed by atoms with Crippen molar-refractivity contribution in [3.05, 3.63) is 6.33 Å². The lowest BCUT2D eigenvalue weighted by molar-refractivity contribution is 0.415. The summed E-state index contributed by atoms with van der Waals surface area (Å²) in [5.41, 5.74) is 6.45. The van der Waals surface area contributed by atoms with Gasteiger partial charge in [-0.2, -0.15) is 0 Å². The van der Waals surface area contributed by atoms with E-state index in [1.54, 1.807) is 7.11 Å². The molecule has 2 rings (SSSR count). The Morgan fingerprint density at radius 1 is 1.28 bits per heavy atom. The number of anilines is 2. The highest BCUT2D eigenvalue weighted by molar-refractivity contribution is 5.61. The number of nitrogen functional groups attached to an aromatic ring is 1. The smallest absolute Gasteiger partial charge is 0.203 e. The number of nitrogens with two attached hydrogens (primary N) is 1. The molecule has 1 fully saturated rings. The van der Waals surface area contributed by atoms with Crippen LogP contribution in [-0.2, 0) is 0 Å². The van der Waals surface area contributed by atoms with Crippen LogP contribution in [0.2, 0.25) is 0 Å². The molecule has 0 bridgehead atoms. The van der Waals surface area contributed by atoms with Crippen molar-refractivity contribution in [2.45, 2.75) is 27.7 Å². The van der Waals surface area contributed by atoms with Gasteiger partial charge in [-0.1, -0.05) is 27.7 Å². The lowest BCUT2D eigenvalue weighted by Gasteiger charge is -2.11. The van der Waals surface area contributed by atoms with Crippen LogP contribution in [0.5, 0.6) is 5.75 Å². The zero-order chi connectivity index (χ0) is 13.6. The molecule has 1 aromatic heterocycles. The molecule has 0 saturated heterocycles. The summed E-state index contributed by atoms with van der Waals surface area (Å²) in [7, 11) is 1.57. The summed E-state index contributed by atoms with van der Waals surface area (Å²) < 4.78 is 5.22. The molecule has 0 unspecified atom stereocenters. The van der Waals surface area contributed by atoms with Gasteiger partial charge in [0, 0.05) is 6.54 Å². The number of rotatable bonds is 4. The van der Waals surface area contributed by atoms with E-state index in [2.05, 4.69) is 43.0 Å². The average molecular weight is 250 g/mol. The minimum atomic E-state index is 0.353. The molecular formula is C13H22N4O. The van der Waals surface area contributed by atoms with Crippen LogP contribution in [0.3, 0.4) is 0 Å². The van der Waals surface area contributed by atoms with Crippen molar-refractivity contribution < 1.29 is 4.74 Å². The minimum absolute atomic E-state index is 0.353. The largest absolute Gasteiger partial charge is 0.490 e. The molecule has 0 amide bonds. The third kappa shape index (κ3) is 1.78. The highest BCUT2D eigenvalue weighted by Crippen LogP contribution is 2.68. The molecular weight excluding hydrogens is 228 g/mol. The molecule has 3 N–H and O–H groups in total. The van der Waals surface area contributed by atoms with Crippen molar-refractivity contribution in [1.29, 1.82) is 0 Å². The molecule has 1 saturated carbocycles. The van der Waals surface area contributed by atoms with Gasteiger partial charge in [0.25, 0.3) is 0 Å². The van der Waals surface area contributed by atoms with Gasteiger partial charge in [-0.25, -0.2) is 9.97 Å². The molecule has 0 spiro atoms. The van der Waals surface area contributed by atoms with Gasteiger partial charge in [0.15, 0.2) is 11.6 Å². The lowest BCUT2D eigenvalue weighted by Crippen LogP contribution is -2.11. The summed E-state index contributed by atoms with van der Waals surface area (Å²) in [5, 5.41) is 3.32. The maximum Gasteiger partial charge on any atom is 0.203 e. The number of nitrogens with one attached hydrogen (secondary N) is 1. The topological polar surface area (TPSA) is 73.1 Å². The Kier molecular flexibility index (Phi) is 2.87. The van der Waals surface area contributed by atoms with Gasteiger partial charge in [-0.05, 0) is 16.7 Å². The second-order valence-corrected chi connectivity index (χ2v) is 6.02. The van der Waals surface area contributed by atoms with E-state index < -0.39 is 0 Å². The maximum absolute atomic E-state index is 5.74. The average Bonchev–Trinajstić information content (AvgIpc) is 2.67. The highest BCUT2D eigenvalue weighted by atomic mass is 16.5. The Balaban J connectivity index is 2.07. The van der Waals surface area contributed by atoms with Gasteiger partial charge in [-0.3, -0.25) is 0 Å². The van der Waals surface area contributed by atoms with Crippen LogP contribution in [-0.4, -0.2) is 23.6 Å². The van der Waals surface area contributed by atoms with Crippen molar-refractivity contribution in [3.8, 4) is 5.75 Å². The Labute approximate surface area is 108 Å². The van der Waals surface area contributed by atoms with Crippen LogP contribution in [0.4, 0.5) is 11.6 Å². The predicted octanol–water partition coefficient (Wildman–Crippen LogP) is 2.16.